The van der Waals surface area contributed by atoms with Crippen molar-refractivity contribution in [3.63, 3.8) is 0 Å². The molecule has 1 heterocycles. The van der Waals surface area contributed by atoms with E-state index in [2.05, 4.69) is 17.6 Å². The maximum absolute atomic E-state index is 6.46. The third-order valence-electron chi connectivity index (χ3n) is 6.28. The van der Waals surface area contributed by atoms with E-state index in [1.807, 2.05) is 115 Å². The van der Waals surface area contributed by atoms with Crippen molar-refractivity contribution in [1.29, 1.82) is 0 Å². The number of thiol groups is 1. The fourth-order valence-corrected chi connectivity index (χ4v) is 4.50. The SMILES string of the molecule is Sc1ccccc1N=C[C@H]1O[C@H](OCc2ccccc2)[C@H](OCc2ccccc2)[C@@H]1OCc1ccccc1. The molecule has 0 radical (unpaired) electrons. The number of nitrogens with zero attached hydrogens (tertiary/aromatic N) is 1. The molecule has 1 saturated heterocycles. The van der Waals surface area contributed by atoms with Crippen molar-refractivity contribution in [1.82, 2.24) is 0 Å². The fraction of sp³-hybridized carbons (Fsp3) is 0.219. The molecule has 0 bridgehead atoms. The molecule has 0 N–H and O–H groups in total. The van der Waals surface area contributed by atoms with Gasteiger partial charge in [0.25, 0.3) is 0 Å². The largest absolute Gasteiger partial charge is 0.367 e. The van der Waals surface area contributed by atoms with Gasteiger partial charge in [-0.25, -0.2) is 0 Å². The first-order valence-corrected chi connectivity index (χ1v) is 13.2. The lowest BCUT2D eigenvalue weighted by Gasteiger charge is -2.24. The van der Waals surface area contributed by atoms with E-state index in [1.54, 1.807) is 6.21 Å². The van der Waals surface area contributed by atoms with E-state index in [0.717, 1.165) is 27.3 Å². The number of hydrogen-bond acceptors (Lipinski definition) is 6. The number of rotatable bonds is 11. The van der Waals surface area contributed by atoms with Crippen LogP contribution in [-0.4, -0.2) is 30.8 Å². The second-order valence-electron chi connectivity index (χ2n) is 9.06. The topological polar surface area (TPSA) is 49.3 Å². The molecule has 4 atom stereocenters. The van der Waals surface area contributed by atoms with Crippen LogP contribution in [0.15, 0.2) is 125 Å². The summed E-state index contributed by atoms with van der Waals surface area (Å²) in [4.78, 5) is 5.47. The lowest BCUT2D eigenvalue weighted by molar-refractivity contribution is -0.182. The lowest BCUT2D eigenvalue weighted by atomic mass is 10.1. The zero-order valence-electron chi connectivity index (χ0n) is 21.0. The first kappa shape index (κ1) is 26.4. The number of ether oxygens (including phenoxy) is 4. The van der Waals surface area contributed by atoms with Gasteiger partial charge in [0, 0.05) is 11.1 Å². The standard InChI is InChI=1S/C32H31NO4S/c38-29-19-11-10-18-27(29)33-20-28-30(34-21-24-12-4-1-5-13-24)31(35-22-25-14-6-2-7-15-25)32(37-28)36-23-26-16-8-3-9-17-26/h1-20,28,30-32,38H,21-23H2/t28-,30-,31-,32+/m1/s1. The Morgan fingerprint density at radius 1 is 0.605 bits per heavy atom. The Bertz CT molecular complexity index is 1290. The first-order valence-electron chi connectivity index (χ1n) is 12.7. The van der Waals surface area contributed by atoms with Crippen LogP contribution in [0.3, 0.4) is 0 Å². The van der Waals surface area contributed by atoms with Gasteiger partial charge in [0.1, 0.15) is 18.3 Å². The number of benzene rings is 4. The van der Waals surface area contributed by atoms with E-state index in [0.29, 0.717) is 19.8 Å². The maximum atomic E-state index is 6.46. The molecule has 38 heavy (non-hydrogen) atoms. The van der Waals surface area contributed by atoms with Gasteiger partial charge in [-0.2, -0.15) is 0 Å². The van der Waals surface area contributed by atoms with Crippen LogP contribution in [0, 0.1) is 0 Å². The Kier molecular flexibility index (Phi) is 9.37. The van der Waals surface area contributed by atoms with E-state index in [4.69, 9.17) is 18.9 Å². The van der Waals surface area contributed by atoms with Crippen LogP contribution in [-0.2, 0) is 38.8 Å². The molecule has 4 aromatic rings. The Balaban J connectivity index is 1.39. The smallest absolute Gasteiger partial charge is 0.187 e. The minimum absolute atomic E-state index is 0.394. The number of para-hydroxylation sites is 1. The highest BCUT2D eigenvalue weighted by molar-refractivity contribution is 7.80. The molecule has 0 aliphatic carbocycles. The van der Waals surface area contributed by atoms with Crippen LogP contribution in [0.1, 0.15) is 16.7 Å². The van der Waals surface area contributed by atoms with Gasteiger partial charge >= 0.3 is 0 Å². The van der Waals surface area contributed by atoms with E-state index >= 15 is 0 Å². The van der Waals surface area contributed by atoms with Gasteiger partial charge in [-0.05, 0) is 28.8 Å². The summed E-state index contributed by atoms with van der Waals surface area (Å²) in [6.07, 6.45) is -0.244. The van der Waals surface area contributed by atoms with E-state index in [1.165, 1.54) is 0 Å². The summed E-state index contributed by atoms with van der Waals surface area (Å²) in [5.41, 5.74) is 3.95. The monoisotopic (exact) mass is 525 g/mol. The molecule has 0 spiro atoms. The average molecular weight is 526 g/mol. The molecule has 0 saturated carbocycles. The maximum Gasteiger partial charge on any atom is 0.187 e. The van der Waals surface area contributed by atoms with Crippen LogP contribution in [0.25, 0.3) is 0 Å². The second-order valence-corrected chi connectivity index (χ2v) is 9.54. The Morgan fingerprint density at radius 2 is 1.08 bits per heavy atom. The third-order valence-corrected chi connectivity index (χ3v) is 6.66. The highest BCUT2D eigenvalue weighted by Crippen LogP contribution is 2.30. The summed E-state index contributed by atoms with van der Waals surface area (Å²) < 4.78 is 25.6. The number of hydrogen-bond donors (Lipinski definition) is 1. The predicted molar refractivity (Wildman–Crippen MR) is 152 cm³/mol. The third kappa shape index (κ3) is 7.19. The molecule has 5 nitrogen and oxygen atoms in total. The molecule has 4 aromatic carbocycles. The molecule has 0 aromatic heterocycles. The van der Waals surface area contributed by atoms with Gasteiger partial charge in [0.05, 0.1) is 25.5 Å². The molecular formula is C32H31NO4S. The lowest BCUT2D eigenvalue weighted by Crippen LogP contribution is -2.38. The minimum atomic E-state index is -0.637. The van der Waals surface area contributed by atoms with E-state index in [9.17, 15) is 0 Å². The molecule has 194 valence electrons. The molecule has 1 fully saturated rings. The van der Waals surface area contributed by atoms with Crippen molar-refractivity contribution < 1.29 is 18.9 Å². The quantitative estimate of drug-likeness (QED) is 0.173. The molecule has 5 rings (SSSR count). The first-order chi connectivity index (χ1) is 18.8. The van der Waals surface area contributed by atoms with Crippen molar-refractivity contribution in [2.45, 2.75) is 49.3 Å². The summed E-state index contributed by atoms with van der Waals surface area (Å²) in [6, 6.07) is 37.9. The van der Waals surface area contributed by atoms with Crippen LogP contribution in [0.2, 0.25) is 0 Å². The molecule has 6 heteroatoms. The molecule has 1 aliphatic rings. The van der Waals surface area contributed by atoms with Crippen LogP contribution >= 0.6 is 12.6 Å². The highest BCUT2D eigenvalue weighted by atomic mass is 32.1. The normalized spacial score (nSPS) is 21.2. The second kappa shape index (κ2) is 13.5. The van der Waals surface area contributed by atoms with Crippen molar-refractivity contribution in [2.75, 3.05) is 0 Å². The van der Waals surface area contributed by atoms with Gasteiger partial charge in [-0.1, -0.05) is 103 Å². The zero-order valence-corrected chi connectivity index (χ0v) is 21.9. The average Bonchev–Trinajstić information content (AvgIpc) is 3.31. The van der Waals surface area contributed by atoms with Crippen molar-refractivity contribution in [3.8, 4) is 0 Å². The Hall–Kier alpha value is -3.26. The van der Waals surface area contributed by atoms with Crippen LogP contribution < -0.4 is 0 Å². The zero-order chi connectivity index (χ0) is 26.0. The Morgan fingerprint density at radius 3 is 1.63 bits per heavy atom. The summed E-state index contributed by atoms with van der Waals surface area (Å²) in [7, 11) is 0. The molecule has 1 aliphatic heterocycles. The van der Waals surface area contributed by atoms with E-state index < -0.39 is 24.6 Å². The van der Waals surface area contributed by atoms with Crippen LogP contribution in [0.4, 0.5) is 5.69 Å². The van der Waals surface area contributed by atoms with Crippen LogP contribution in [0.5, 0.6) is 0 Å². The molecule has 0 amide bonds. The summed E-state index contributed by atoms with van der Waals surface area (Å²) in [5.74, 6) is 0. The summed E-state index contributed by atoms with van der Waals surface area (Å²) in [5, 5.41) is 0. The van der Waals surface area contributed by atoms with Gasteiger partial charge in [0.2, 0.25) is 0 Å². The van der Waals surface area contributed by atoms with Gasteiger partial charge in [-0.15, -0.1) is 12.6 Å². The minimum Gasteiger partial charge on any atom is -0.367 e. The van der Waals surface area contributed by atoms with Gasteiger partial charge in [-0.3, -0.25) is 4.99 Å². The van der Waals surface area contributed by atoms with Crippen molar-refractivity contribution in [2.24, 2.45) is 4.99 Å². The van der Waals surface area contributed by atoms with E-state index in [-0.39, 0.29) is 0 Å². The summed E-state index contributed by atoms with van der Waals surface area (Å²) in [6.45, 7) is 1.22. The van der Waals surface area contributed by atoms with Crippen molar-refractivity contribution >= 4 is 24.5 Å². The Labute approximate surface area is 229 Å². The molecular weight excluding hydrogens is 494 g/mol. The number of aliphatic imine (C=N–C) groups is 1. The summed E-state index contributed by atoms with van der Waals surface area (Å²) >= 11 is 4.53. The highest BCUT2D eigenvalue weighted by Gasteiger charge is 2.46. The van der Waals surface area contributed by atoms with Gasteiger partial charge in [0.15, 0.2) is 6.29 Å². The fourth-order valence-electron chi connectivity index (χ4n) is 4.28. The van der Waals surface area contributed by atoms with Crippen molar-refractivity contribution in [3.05, 3.63) is 132 Å². The molecule has 0 unspecified atom stereocenters. The van der Waals surface area contributed by atoms with Gasteiger partial charge < -0.3 is 18.9 Å². The predicted octanol–water partition coefficient (Wildman–Crippen LogP) is 6.79.